The Hall–Kier alpha value is -1.17. The molecule has 0 atom stereocenters. The lowest BCUT2D eigenvalue weighted by atomic mass is 10.1. The minimum Gasteiger partial charge on any atom is -0.508 e. The van der Waals surface area contributed by atoms with Crippen molar-refractivity contribution in [1.29, 1.82) is 0 Å². The van der Waals surface area contributed by atoms with Crippen LogP contribution >= 0.6 is 22.6 Å². The quantitative estimate of drug-likeness (QED) is 0.650. The molecule has 0 saturated heterocycles. The lowest BCUT2D eigenvalue weighted by Gasteiger charge is -2.00. The maximum Gasteiger partial charge on any atom is 0.117 e. The van der Waals surface area contributed by atoms with E-state index in [1.165, 1.54) is 6.33 Å². The molecule has 3 nitrogen and oxygen atoms in total. The van der Waals surface area contributed by atoms with Crippen molar-refractivity contribution in [1.82, 2.24) is 9.97 Å². The van der Waals surface area contributed by atoms with Crippen LogP contribution in [0.3, 0.4) is 0 Å². The Morgan fingerprint density at radius 3 is 2.71 bits per heavy atom. The Morgan fingerprint density at radius 2 is 2.00 bits per heavy atom. The third-order valence-electron chi connectivity index (χ3n) is 1.78. The van der Waals surface area contributed by atoms with Gasteiger partial charge in [-0.15, -0.1) is 0 Å². The molecule has 1 aromatic carbocycles. The Morgan fingerprint density at radius 1 is 1.14 bits per heavy atom. The first-order valence-corrected chi connectivity index (χ1v) is 5.10. The molecule has 0 amide bonds. The van der Waals surface area contributed by atoms with E-state index in [-0.39, 0.29) is 5.75 Å². The summed E-state index contributed by atoms with van der Waals surface area (Å²) >= 11 is 2.13. The average Bonchev–Trinajstić information content (AvgIpc) is 2.18. The zero-order chi connectivity index (χ0) is 9.97. The summed E-state index contributed by atoms with van der Waals surface area (Å²) in [6.07, 6.45) is 1.52. The SMILES string of the molecule is Oc1cccc(-c2cc(I)ncn2)c1. The lowest BCUT2D eigenvalue weighted by Crippen LogP contribution is -1.87. The second-order valence-electron chi connectivity index (χ2n) is 2.78. The topological polar surface area (TPSA) is 46.0 Å². The van der Waals surface area contributed by atoms with Gasteiger partial charge < -0.3 is 5.11 Å². The number of benzene rings is 1. The van der Waals surface area contributed by atoms with E-state index < -0.39 is 0 Å². The van der Waals surface area contributed by atoms with Crippen LogP contribution in [0.2, 0.25) is 0 Å². The Labute approximate surface area is 95.0 Å². The minimum atomic E-state index is 0.246. The Bertz CT molecular complexity index is 416. The average molecular weight is 298 g/mol. The Balaban J connectivity index is 2.49. The number of hydrogen-bond acceptors (Lipinski definition) is 3. The summed E-state index contributed by atoms with van der Waals surface area (Å²) in [5, 5.41) is 9.30. The van der Waals surface area contributed by atoms with Crippen LogP contribution < -0.4 is 0 Å². The molecule has 2 aromatic rings. The number of nitrogens with zero attached hydrogens (tertiary/aromatic N) is 2. The van der Waals surface area contributed by atoms with Gasteiger partial charge in [-0.05, 0) is 40.8 Å². The van der Waals surface area contributed by atoms with Crippen LogP contribution in [0.15, 0.2) is 36.7 Å². The molecule has 2 rings (SSSR count). The number of phenolic OH excluding ortho intramolecular Hbond substituents is 1. The minimum absolute atomic E-state index is 0.246. The molecule has 14 heavy (non-hydrogen) atoms. The van der Waals surface area contributed by atoms with Crippen LogP contribution in [0.25, 0.3) is 11.3 Å². The van der Waals surface area contributed by atoms with Gasteiger partial charge in [0, 0.05) is 5.56 Å². The van der Waals surface area contributed by atoms with Crippen LogP contribution in [-0.2, 0) is 0 Å². The van der Waals surface area contributed by atoms with Gasteiger partial charge in [-0.25, -0.2) is 9.97 Å². The van der Waals surface area contributed by atoms with Crippen molar-refractivity contribution in [3.63, 3.8) is 0 Å². The van der Waals surface area contributed by atoms with E-state index in [1.54, 1.807) is 18.2 Å². The third-order valence-corrected chi connectivity index (χ3v) is 2.37. The molecule has 0 fully saturated rings. The molecule has 0 spiro atoms. The van der Waals surface area contributed by atoms with E-state index in [4.69, 9.17) is 0 Å². The zero-order valence-electron chi connectivity index (χ0n) is 7.18. The van der Waals surface area contributed by atoms with Crippen molar-refractivity contribution in [2.45, 2.75) is 0 Å². The lowest BCUT2D eigenvalue weighted by molar-refractivity contribution is 0.475. The molecule has 4 heteroatoms. The van der Waals surface area contributed by atoms with E-state index in [0.29, 0.717) is 0 Å². The molecule has 0 unspecified atom stereocenters. The molecule has 0 bridgehead atoms. The van der Waals surface area contributed by atoms with Gasteiger partial charge >= 0.3 is 0 Å². The van der Waals surface area contributed by atoms with Crippen LogP contribution in [0.1, 0.15) is 0 Å². The fourth-order valence-corrected chi connectivity index (χ4v) is 1.58. The fourth-order valence-electron chi connectivity index (χ4n) is 1.16. The van der Waals surface area contributed by atoms with Crippen molar-refractivity contribution < 1.29 is 5.11 Å². The highest BCUT2D eigenvalue weighted by Crippen LogP contribution is 2.21. The second kappa shape index (κ2) is 3.91. The fraction of sp³-hybridized carbons (Fsp3) is 0. The van der Waals surface area contributed by atoms with Gasteiger partial charge in [0.2, 0.25) is 0 Å². The van der Waals surface area contributed by atoms with Gasteiger partial charge in [-0.3, -0.25) is 0 Å². The molecule has 1 heterocycles. The highest BCUT2D eigenvalue weighted by atomic mass is 127. The van der Waals surface area contributed by atoms with E-state index in [2.05, 4.69) is 32.6 Å². The van der Waals surface area contributed by atoms with Gasteiger partial charge in [0.1, 0.15) is 15.8 Å². The van der Waals surface area contributed by atoms with E-state index >= 15 is 0 Å². The van der Waals surface area contributed by atoms with Gasteiger partial charge in [0.25, 0.3) is 0 Å². The maximum absolute atomic E-state index is 9.30. The van der Waals surface area contributed by atoms with Crippen LogP contribution in [0, 0.1) is 3.70 Å². The van der Waals surface area contributed by atoms with Gasteiger partial charge in [-0.2, -0.15) is 0 Å². The predicted octanol–water partition coefficient (Wildman–Crippen LogP) is 2.45. The zero-order valence-corrected chi connectivity index (χ0v) is 9.34. The summed E-state index contributed by atoms with van der Waals surface area (Å²) in [5.41, 5.74) is 1.71. The van der Waals surface area contributed by atoms with Crippen molar-refractivity contribution in [3.8, 4) is 17.0 Å². The molecule has 70 valence electrons. The molecule has 0 radical (unpaired) electrons. The van der Waals surface area contributed by atoms with E-state index in [1.807, 2.05) is 12.1 Å². The standard InChI is InChI=1S/C10H7IN2O/c11-10-5-9(12-6-13-10)7-2-1-3-8(14)4-7/h1-6,14H. The summed E-state index contributed by atoms with van der Waals surface area (Å²) in [6.45, 7) is 0. The largest absolute Gasteiger partial charge is 0.508 e. The van der Waals surface area contributed by atoms with E-state index in [9.17, 15) is 5.11 Å². The highest BCUT2D eigenvalue weighted by molar-refractivity contribution is 14.1. The van der Waals surface area contributed by atoms with Crippen molar-refractivity contribution >= 4 is 22.6 Å². The smallest absolute Gasteiger partial charge is 0.117 e. The number of aromatic hydroxyl groups is 1. The third kappa shape index (κ3) is 2.01. The van der Waals surface area contributed by atoms with Crippen molar-refractivity contribution in [2.75, 3.05) is 0 Å². The summed E-state index contributed by atoms with van der Waals surface area (Å²) in [4.78, 5) is 8.12. The second-order valence-corrected chi connectivity index (χ2v) is 3.88. The predicted molar refractivity (Wildman–Crippen MR) is 61.8 cm³/mol. The summed E-state index contributed by atoms with van der Waals surface area (Å²) < 4.78 is 0.885. The van der Waals surface area contributed by atoms with Gasteiger partial charge in [-0.1, -0.05) is 12.1 Å². The molecule has 0 aliphatic carbocycles. The molecular weight excluding hydrogens is 291 g/mol. The molecular formula is C10H7IN2O. The molecule has 1 aromatic heterocycles. The number of aromatic nitrogens is 2. The van der Waals surface area contributed by atoms with Crippen LogP contribution in [-0.4, -0.2) is 15.1 Å². The monoisotopic (exact) mass is 298 g/mol. The van der Waals surface area contributed by atoms with E-state index in [0.717, 1.165) is 15.0 Å². The number of hydrogen-bond donors (Lipinski definition) is 1. The van der Waals surface area contributed by atoms with Crippen molar-refractivity contribution in [2.24, 2.45) is 0 Å². The maximum atomic E-state index is 9.30. The highest BCUT2D eigenvalue weighted by Gasteiger charge is 2.00. The number of phenols is 1. The first kappa shape index (κ1) is 9.39. The van der Waals surface area contributed by atoms with Crippen LogP contribution in [0.5, 0.6) is 5.75 Å². The summed E-state index contributed by atoms with van der Waals surface area (Å²) in [5.74, 6) is 0.246. The first-order chi connectivity index (χ1) is 6.75. The Kier molecular flexibility index (Phi) is 2.62. The summed E-state index contributed by atoms with van der Waals surface area (Å²) in [7, 11) is 0. The summed E-state index contributed by atoms with van der Waals surface area (Å²) in [6, 6.07) is 8.88. The molecule has 1 N–H and O–H groups in total. The molecule has 0 aliphatic heterocycles. The normalized spacial score (nSPS) is 10.1. The van der Waals surface area contributed by atoms with Crippen LogP contribution in [0.4, 0.5) is 0 Å². The van der Waals surface area contributed by atoms with Gasteiger partial charge in [0.05, 0.1) is 5.69 Å². The molecule has 0 saturated carbocycles. The molecule has 0 aliphatic rings. The number of rotatable bonds is 1. The van der Waals surface area contributed by atoms with Gasteiger partial charge in [0.15, 0.2) is 0 Å². The van der Waals surface area contributed by atoms with Crippen molar-refractivity contribution in [3.05, 3.63) is 40.4 Å². The number of halogens is 1. The first-order valence-electron chi connectivity index (χ1n) is 4.02.